The van der Waals surface area contributed by atoms with E-state index in [2.05, 4.69) is 0 Å². The van der Waals surface area contributed by atoms with Crippen LogP contribution in [0.5, 0.6) is 0 Å². The van der Waals surface area contributed by atoms with Gasteiger partial charge in [-0.05, 0) is 0 Å². The van der Waals surface area contributed by atoms with Gasteiger partial charge >= 0.3 is 48.9 Å². The fourth-order valence-corrected chi connectivity index (χ4v) is 0. The molecule has 46 valence electrons. The molecule has 0 atom stereocenters. The van der Waals surface area contributed by atoms with Crippen LogP contribution in [-0.4, -0.2) is 70.8 Å². The molecule has 8 N–H and O–H groups in total. The van der Waals surface area contributed by atoms with Crippen molar-refractivity contribution in [3.63, 3.8) is 0 Å². The Kier molecular flexibility index (Phi) is 631. The topological polar surface area (TPSA) is 126 Å². The molecule has 0 amide bonds. The van der Waals surface area contributed by atoms with Gasteiger partial charge in [-0.15, -0.1) is 0 Å². The first-order valence-electron chi connectivity index (χ1n) is 0. The van der Waals surface area contributed by atoms with Crippen LogP contribution >= 0.6 is 0 Å². The van der Waals surface area contributed by atoms with Gasteiger partial charge in [0.1, 0.15) is 0 Å². The van der Waals surface area contributed by atoms with E-state index in [1.165, 1.54) is 0 Å². The number of rotatable bonds is 0. The molecule has 0 aromatic heterocycles. The molecule has 0 aromatic carbocycles. The minimum absolute atomic E-state index is 0. The summed E-state index contributed by atoms with van der Waals surface area (Å²) >= 11 is 0. The Morgan fingerprint density at radius 1 is 0.714 bits per heavy atom. The number of hydrogen-bond acceptors (Lipinski definition) is 0. The maximum absolute atomic E-state index is 0. The summed E-state index contributed by atoms with van der Waals surface area (Å²) in [6.07, 6.45) is 0. The SMILES string of the molecule is O.O.O.O.[Ba+2].[H-].[H-].[Sm].[Ti]. The van der Waals surface area contributed by atoms with Crippen LogP contribution in [0.1, 0.15) is 2.85 Å². The van der Waals surface area contributed by atoms with Gasteiger partial charge in [0.2, 0.25) is 0 Å². The van der Waals surface area contributed by atoms with Crippen LogP contribution in [0, 0.1) is 40.4 Å². The Morgan fingerprint density at radius 2 is 0.714 bits per heavy atom. The Balaban J connectivity index is 0. The van der Waals surface area contributed by atoms with Crippen molar-refractivity contribution in [1.82, 2.24) is 0 Å². The molecule has 0 unspecified atom stereocenters. The summed E-state index contributed by atoms with van der Waals surface area (Å²) in [5.74, 6) is 0. The summed E-state index contributed by atoms with van der Waals surface area (Å²) in [6.45, 7) is 0. The first kappa shape index (κ1) is 78.1. The molecule has 0 radical (unpaired) electrons. The van der Waals surface area contributed by atoms with Gasteiger partial charge in [-0.3, -0.25) is 0 Å². The summed E-state index contributed by atoms with van der Waals surface area (Å²) in [4.78, 5) is 0. The Bertz CT molecular complexity index is 18.5. The van der Waals surface area contributed by atoms with Gasteiger partial charge in [-0.25, -0.2) is 0 Å². The van der Waals surface area contributed by atoms with E-state index < -0.39 is 0 Å². The van der Waals surface area contributed by atoms with Crippen molar-refractivity contribution in [2.75, 3.05) is 0 Å². The summed E-state index contributed by atoms with van der Waals surface area (Å²) in [7, 11) is 0. The van der Waals surface area contributed by atoms with Crippen LogP contribution in [0.15, 0.2) is 0 Å². The van der Waals surface area contributed by atoms with Crippen molar-refractivity contribution >= 4 is 48.9 Å². The third-order valence-electron chi connectivity index (χ3n) is 0. The van der Waals surface area contributed by atoms with Crippen molar-refractivity contribution in [1.29, 1.82) is 0 Å². The first-order valence-corrected chi connectivity index (χ1v) is 0. The smallest absolute Gasteiger partial charge is 1.00 e. The zero-order valence-corrected chi connectivity index (χ0v) is 12.2. The zero-order valence-electron chi connectivity index (χ0n) is 5.62. The molecular formula is H10BaO4SmTi. The average molecular weight is 410 g/mol. The molecule has 0 aliphatic heterocycles. The van der Waals surface area contributed by atoms with Crippen LogP contribution in [0.2, 0.25) is 0 Å². The standard InChI is InChI=1S/Ba.4H2O.Sm.Ti.2H/h;4*1H2;;;;/q+2;;;;;;;2*-1. The molecule has 0 rings (SSSR count). The van der Waals surface area contributed by atoms with E-state index in [9.17, 15) is 0 Å². The quantitative estimate of drug-likeness (QED) is 0.369. The normalized spacial score (nSPS) is 0. The van der Waals surface area contributed by atoms with Crippen molar-refractivity contribution in [3.05, 3.63) is 0 Å². The zero-order chi connectivity index (χ0) is 0. The largest absolute Gasteiger partial charge is 2.00 e. The third kappa shape index (κ3) is 43.9. The van der Waals surface area contributed by atoms with Crippen LogP contribution in [0.4, 0.5) is 0 Å². The maximum Gasteiger partial charge on any atom is 2.00 e. The van der Waals surface area contributed by atoms with Crippen molar-refractivity contribution in [3.8, 4) is 0 Å². The summed E-state index contributed by atoms with van der Waals surface area (Å²) in [5, 5.41) is 0. The molecule has 0 saturated heterocycles. The molecule has 7 heavy (non-hydrogen) atoms. The van der Waals surface area contributed by atoms with Gasteiger partial charge in [0.25, 0.3) is 0 Å². The number of hydrogen-bond donors (Lipinski definition) is 0. The van der Waals surface area contributed by atoms with Gasteiger partial charge < -0.3 is 24.8 Å². The second kappa shape index (κ2) is 56.5. The predicted molar refractivity (Wildman–Crippen MR) is 22.4 cm³/mol. The van der Waals surface area contributed by atoms with E-state index in [1.54, 1.807) is 0 Å². The van der Waals surface area contributed by atoms with Crippen LogP contribution in [0.3, 0.4) is 0 Å². The fraction of sp³-hybridized carbons (Fsp3) is 0. The monoisotopic (exact) mass is 412 g/mol. The second-order valence-electron chi connectivity index (χ2n) is 0. The molecule has 0 aliphatic rings. The predicted octanol–water partition coefficient (Wildman–Crippen LogP) is -3.46. The molecule has 0 heterocycles. The van der Waals surface area contributed by atoms with E-state index >= 15 is 0 Å². The summed E-state index contributed by atoms with van der Waals surface area (Å²) < 4.78 is 0. The summed E-state index contributed by atoms with van der Waals surface area (Å²) in [5.41, 5.74) is 0. The molecule has 4 nitrogen and oxygen atoms in total. The van der Waals surface area contributed by atoms with Crippen molar-refractivity contribution in [2.24, 2.45) is 0 Å². The van der Waals surface area contributed by atoms with Gasteiger partial charge in [0, 0.05) is 62.1 Å². The molecule has 0 aromatic rings. The molecule has 7 heteroatoms. The fourth-order valence-electron chi connectivity index (χ4n) is 0. The van der Waals surface area contributed by atoms with Gasteiger partial charge in [0.15, 0.2) is 0 Å². The van der Waals surface area contributed by atoms with Crippen LogP contribution in [0.25, 0.3) is 0 Å². The van der Waals surface area contributed by atoms with Gasteiger partial charge in [0.05, 0.1) is 0 Å². The Labute approximate surface area is 132 Å². The molecular weight excluding hydrogens is 400 g/mol. The minimum atomic E-state index is 0. The Morgan fingerprint density at radius 3 is 0.714 bits per heavy atom. The van der Waals surface area contributed by atoms with E-state index in [1.807, 2.05) is 0 Å². The second-order valence-corrected chi connectivity index (χ2v) is 0. The maximum atomic E-state index is 0. The molecule has 0 saturated carbocycles. The van der Waals surface area contributed by atoms with Crippen LogP contribution in [-0.2, 0) is 21.7 Å². The first-order chi connectivity index (χ1) is 0. The third-order valence-corrected chi connectivity index (χ3v) is 0. The molecule has 0 fully saturated rings. The van der Waals surface area contributed by atoms with Gasteiger partial charge in [-0.1, -0.05) is 0 Å². The Hall–Kier alpha value is 3.46. The molecule has 0 spiro atoms. The van der Waals surface area contributed by atoms with E-state index in [0.717, 1.165) is 0 Å². The van der Waals surface area contributed by atoms with Gasteiger partial charge in [-0.2, -0.15) is 0 Å². The minimum Gasteiger partial charge on any atom is -1.00 e. The summed E-state index contributed by atoms with van der Waals surface area (Å²) in [6, 6.07) is 0. The van der Waals surface area contributed by atoms with Crippen molar-refractivity contribution in [2.45, 2.75) is 0 Å². The van der Waals surface area contributed by atoms with E-state index in [4.69, 9.17) is 0 Å². The average Bonchev–Trinajstić information content (AvgIpc) is 0. The van der Waals surface area contributed by atoms with Crippen LogP contribution < -0.4 is 0 Å². The van der Waals surface area contributed by atoms with E-state index in [-0.39, 0.29) is 136 Å². The van der Waals surface area contributed by atoms with E-state index in [0.29, 0.717) is 0 Å². The molecule has 0 aliphatic carbocycles. The van der Waals surface area contributed by atoms with Crippen molar-refractivity contribution < 1.29 is 86.9 Å². The molecule has 0 bridgehead atoms.